The van der Waals surface area contributed by atoms with E-state index in [-0.39, 0.29) is 5.60 Å². The van der Waals surface area contributed by atoms with Crippen LogP contribution in [0.5, 0.6) is 0 Å². The summed E-state index contributed by atoms with van der Waals surface area (Å²) in [6.07, 6.45) is 7.36. The Hall–Kier alpha value is 0.416. The predicted octanol–water partition coefficient (Wildman–Crippen LogP) is 8.13. The average molecular weight is 529 g/mol. The van der Waals surface area contributed by atoms with E-state index in [1.807, 2.05) is 0 Å². The Morgan fingerprint density at radius 1 is 1.07 bits per heavy atom. The summed E-state index contributed by atoms with van der Waals surface area (Å²) in [7, 11) is -1.86. The molecule has 0 aromatic rings. The van der Waals surface area contributed by atoms with E-state index in [4.69, 9.17) is 9.16 Å². The van der Waals surface area contributed by atoms with Gasteiger partial charge in [-0.2, -0.15) is 0 Å². The third kappa shape index (κ3) is 7.80. The Bertz CT molecular complexity index is 555. The number of allylic oxidation sites excluding steroid dienone is 2. The van der Waals surface area contributed by atoms with Gasteiger partial charge in [0.25, 0.3) is 0 Å². The monoisotopic (exact) mass is 530 g/mol. The van der Waals surface area contributed by atoms with Crippen molar-refractivity contribution >= 4 is 26.7 Å². The Morgan fingerprint density at radius 2 is 1.59 bits per heavy atom. The molecule has 0 heterocycles. The van der Waals surface area contributed by atoms with E-state index in [9.17, 15) is 0 Å². The molecule has 2 nitrogen and oxygen atoms in total. The van der Waals surface area contributed by atoms with Crippen LogP contribution in [0.25, 0.3) is 0 Å². The van der Waals surface area contributed by atoms with Crippen LogP contribution < -0.4 is 0 Å². The molecule has 0 aliphatic heterocycles. The van der Waals surface area contributed by atoms with E-state index in [2.05, 4.69) is 89.3 Å². The summed E-state index contributed by atoms with van der Waals surface area (Å²) in [4.78, 5) is 7.62. The summed E-state index contributed by atoms with van der Waals surface area (Å²) in [5.74, 6) is 0.614. The first-order valence-electron chi connectivity index (χ1n) is 11.8. The van der Waals surface area contributed by atoms with E-state index in [1.54, 1.807) is 3.59 Å². The third-order valence-corrected chi connectivity index (χ3v) is 19.4. The topological polar surface area (TPSA) is 18.5 Å². The number of hydrogen-bond acceptors (Lipinski definition) is 2. The van der Waals surface area contributed by atoms with Crippen molar-refractivity contribution in [3.63, 3.8) is 0 Å². The second-order valence-corrected chi connectivity index (χ2v) is 32.1. The van der Waals surface area contributed by atoms with Gasteiger partial charge in [-0.15, -0.1) is 0 Å². The Morgan fingerprint density at radius 3 is 1.97 bits per heavy atom. The van der Waals surface area contributed by atoms with Gasteiger partial charge in [0, 0.05) is 0 Å². The number of hydrogen-bond donors (Lipinski definition) is 0. The van der Waals surface area contributed by atoms with Crippen molar-refractivity contribution in [1.29, 1.82) is 0 Å². The Balaban J connectivity index is 3.05. The summed E-state index contributed by atoms with van der Waals surface area (Å²) in [5, 5.41) is 0. The fourth-order valence-corrected chi connectivity index (χ4v) is 15.0. The molecule has 0 aromatic heterocycles. The molecule has 0 unspecified atom stereocenters. The second kappa shape index (κ2) is 10.8. The van der Waals surface area contributed by atoms with Crippen molar-refractivity contribution in [3.05, 3.63) is 21.3 Å². The number of ether oxygens (including phenoxy) is 1. The van der Waals surface area contributed by atoms with Crippen molar-refractivity contribution < 1.29 is 9.16 Å². The normalized spacial score (nSPS) is 19.6. The van der Waals surface area contributed by atoms with Gasteiger partial charge < -0.3 is 0 Å². The minimum absolute atomic E-state index is 0.101. The van der Waals surface area contributed by atoms with Gasteiger partial charge in [-0.05, 0) is 0 Å². The predicted molar refractivity (Wildman–Crippen MR) is 135 cm³/mol. The molecule has 0 radical (unpaired) electrons. The first-order chi connectivity index (χ1) is 13.1. The van der Waals surface area contributed by atoms with Crippen LogP contribution in [0.15, 0.2) is 21.3 Å². The molecule has 0 amide bonds. The summed E-state index contributed by atoms with van der Waals surface area (Å²) < 4.78 is 14.9. The second-order valence-electron chi connectivity index (χ2n) is 11.9. The van der Waals surface area contributed by atoms with Crippen molar-refractivity contribution in [2.24, 2.45) is 5.92 Å². The summed E-state index contributed by atoms with van der Waals surface area (Å²) >= 11 is -1.97. The fraction of sp³-hybridized carbons (Fsp3) is 0.840. The van der Waals surface area contributed by atoms with E-state index < -0.39 is 26.7 Å². The standard InChI is InChI=1S/C22H41O2Si.3CH3.Sn/c1-17(2)25(18(3)4,19(5)6)24-16-21(20-12-10-11-13-20)14-15-23-22(7,8)9;;;;/h10,14,17-20H,12-13,15-16H2,1-9H3;3*1H3;/b21-14-;;;;/t20-;;;;/m1..../s1. The van der Waals surface area contributed by atoms with Crippen molar-refractivity contribution in [1.82, 2.24) is 0 Å². The van der Waals surface area contributed by atoms with E-state index in [0.717, 1.165) is 6.61 Å². The van der Waals surface area contributed by atoms with Gasteiger partial charge in [0.2, 0.25) is 0 Å². The van der Waals surface area contributed by atoms with Crippen molar-refractivity contribution in [2.75, 3.05) is 13.2 Å². The zero-order valence-corrected chi connectivity index (χ0v) is 25.5. The van der Waals surface area contributed by atoms with Crippen LogP contribution in [0.3, 0.4) is 0 Å². The van der Waals surface area contributed by atoms with Crippen LogP contribution in [-0.2, 0) is 9.16 Å². The first kappa shape index (κ1) is 27.4. The zero-order chi connectivity index (χ0) is 22.6. The van der Waals surface area contributed by atoms with Gasteiger partial charge >= 0.3 is 189 Å². The molecule has 170 valence electrons. The van der Waals surface area contributed by atoms with E-state index >= 15 is 0 Å². The van der Waals surface area contributed by atoms with Gasteiger partial charge in [0.05, 0.1) is 0 Å². The van der Waals surface area contributed by atoms with Crippen LogP contribution in [-0.4, -0.2) is 45.5 Å². The van der Waals surface area contributed by atoms with Crippen molar-refractivity contribution in [2.45, 2.75) is 112 Å². The SMILES string of the molecule is CC(C)[Si](OC/C(=C/COC(C)(C)C)[C@@H]1CC=[C]([Sn]([CH3])([CH3])[CH3])C1)(C(C)C)C(C)C. The van der Waals surface area contributed by atoms with Gasteiger partial charge in [-0.3, -0.25) is 0 Å². The third-order valence-electron chi connectivity index (χ3n) is 6.66. The van der Waals surface area contributed by atoms with Gasteiger partial charge in [0.15, 0.2) is 0 Å². The van der Waals surface area contributed by atoms with E-state index in [1.165, 1.54) is 18.4 Å². The Labute approximate surface area is 187 Å². The molecule has 0 saturated heterocycles. The molecular formula is C25H50O2SiSn. The van der Waals surface area contributed by atoms with Gasteiger partial charge in [0.1, 0.15) is 0 Å². The summed E-state index contributed by atoms with van der Waals surface area (Å²) in [6, 6.07) is 0. The summed E-state index contributed by atoms with van der Waals surface area (Å²) in [6.45, 7) is 22.1. The van der Waals surface area contributed by atoms with Crippen LogP contribution in [0.4, 0.5) is 0 Å². The Kier molecular flexibility index (Phi) is 10.2. The minimum atomic E-state index is -1.97. The molecule has 0 N–H and O–H groups in total. The summed E-state index contributed by atoms with van der Waals surface area (Å²) in [5.41, 5.74) is 3.25. The fourth-order valence-electron chi connectivity index (χ4n) is 5.06. The molecule has 29 heavy (non-hydrogen) atoms. The molecule has 1 rings (SSSR count). The molecule has 1 aliphatic carbocycles. The number of rotatable bonds is 10. The van der Waals surface area contributed by atoms with E-state index in [0.29, 0.717) is 29.1 Å². The van der Waals surface area contributed by atoms with Crippen LogP contribution in [0, 0.1) is 5.92 Å². The molecule has 0 bridgehead atoms. The van der Waals surface area contributed by atoms with Crippen LogP contribution >= 0.6 is 0 Å². The van der Waals surface area contributed by atoms with Crippen molar-refractivity contribution in [3.8, 4) is 0 Å². The maximum atomic E-state index is 7.00. The zero-order valence-electron chi connectivity index (χ0n) is 21.6. The molecule has 0 spiro atoms. The molecule has 0 aromatic carbocycles. The molecule has 1 atom stereocenters. The van der Waals surface area contributed by atoms with Crippen LogP contribution in [0.1, 0.15) is 75.2 Å². The molecule has 4 heteroatoms. The molecular weight excluding hydrogens is 479 g/mol. The van der Waals surface area contributed by atoms with Gasteiger partial charge in [-0.1, -0.05) is 0 Å². The quantitative estimate of drug-likeness (QED) is 0.210. The van der Waals surface area contributed by atoms with Crippen LogP contribution in [0.2, 0.25) is 31.4 Å². The molecule has 1 aliphatic rings. The first-order valence-corrected chi connectivity index (χ1v) is 23.9. The molecule has 0 fully saturated rings. The van der Waals surface area contributed by atoms with Gasteiger partial charge in [-0.25, -0.2) is 0 Å². The molecule has 0 saturated carbocycles. The maximum absolute atomic E-state index is 7.00. The average Bonchev–Trinajstić information content (AvgIpc) is 3.01.